The number of carbonyl (C=O) groups is 2. The van der Waals surface area contributed by atoms with Crippen LogP contribution in [0, 0.1) is 0 Å². The molecule has 0 aliphatic heterocycles. The number of hydrogen-bond acceptors (Lipinski definition) is 6. The van der Waals surface area contributed by atoms with Crippen LogP contribution in [0.25, 0.3) is 10.2 Å². The van der Waals surface area contributed by atoms with Crippen LogP contribution in [0.15, 0.2) is 21.4 Å². The maximum Gasteiger partial charge on any atom is 0.313 e. The summed E-state index contributed by atoms with van der Waals surface area (Å²) in [6.45, 7) is 0.329. The fourth-order valence-corrected chi connectivity index (χ4v) is 3.21. The molecule has 0 unspecified atom stereocenters. The molecule has 0 radical (unpaired) electrons. The lowest BCUT2D eigenvalue weighted by Gasteiger charge is -2.11. The van der Waals surface area contributed by atoms with Crippen LogP contribution < -0.4 is 16.6 Å². The zero-order chi connectivity index (χ0) is 15.4. The van der Waals surface area contributed by atoms with E-state index in [2.05, 4.69) is 10.3 Å². The molecule has 0 bridgehead atoms. The lowest BCUT2D eigenvalue weighted by Crippen LogP contribution is -2.35. The van der Waals surface area contributed by atoms with E-state index in [1.54, 1.807) is 11.4 Å². The number of amides is 2. The second-order valence-corrected chi connectivity index (χ2v) is 5.80. The average Bonchev–Trinajstić information content (AvgIpc) is 2.87. The van der Waals surface area contributed by atoms with Gasteiger partial charge in [0, 0.05) is 13.1 Å². The first kappa shape index (κ1) is 15.3. The van der Waals surface area contributed by atoms with Crippen molar-refractivity contribution in [3.8, 4) is 0 Å². The molecule has 0 aromatic carbocycles. The van der Waals surface area contributed by atoms with Crippen molar-refractivity contribution in [3.63, 3.8) is 0 Å². The molecule has 4 N–H and O–H groups in total. The highest BCUT2D eigenvalue weighted by molar-refractivity contribution is 7.99. The molecule has 2 aromatic rings. The summed E-state index contributed by atoms with van der Waals surface area (Å²) < 4.78 is 1.35. The Bertz CT molecular complexity index is 739. The van der Waals surface area contributed by atoms with Gasteiger partial charge in [0.15, 0.2) is 5.16 Å². The number of thioether (sulfide) groups is 1. The van der Waals surface area contributed by atoms with Gasteiger partial charge in [-0.1, -0.05) is 11.8 Å². The summed E-state index contributed by atoms with van der Waals surface area (Å²) in [5, 5.41) is 13.7. The van der Waals surface area contributed by atoms with Crippen LogP contribution in [-0.4, -0.2) is 39.0 Å². The molecule has 0 aliphatic carbocycles. The van der Waals surface area contributed by atoms with E-state index in [0.29, 0.717) is 15.4 Å². The molecular formula is C11H12N4O4S2. The van der Waals surface area contributed by atoms with Crippen LogP contribution in [0.5, 0.6) is 0 Å². The second kappa shape index (κ2) is 6.59. The van der Waals surface area contributed by atoms with Crippen molar-refractivity contribution < 1.29 is 14.7 Å². The van der Waals surface area contributed by atoms with Gasteiger partial charge in [0.1, 0.15) is 4.83 Å². The molecule has 0 spiro atoms. The number of nitrogens with zero attached hydrogens (tertiary/aromatic N) is 2. The molecule has 0 fully saturated rings. The molecule has 0 atom stereocenters. The number of aromatic nitrogens is 2. The lowest BCUT2D eigenvalue weighted by atomic mass is 10.4. The number of carboxylic acid groups (broad SMARTS) is 1. The third kappa shape index (κ3) is 3.73. The summed E-state index contributed by atoms with van der Waals surface area (Å²) >= 11 is 2.27. The maximum atomic E-state index is 12.4. The number of aliphatic carboxylic acids is 1. The number of fused-ring (bicyclic) bond motifs is 1. The third-order valence-electron chi connectivity index (χ3n) is 2.51. The van der Waals surface area contributed by atoms with Crippen LogP contribution in [0.4, 0.5) is 4.79 Å². The fraction of sp³-hybridized carbons (Fsp3) is 0.273. The summed E-state index contributed by atoms with van der Waals surface area (Å²) in [7, 11) is 0. The zero-order valence-corrected chi connectivity index (χ0v) is 12.4. The Balaban J connectivity index is 2.34. The molecule has 2 heterocycles. The minimum absolute atomic E-state index is 0.160. The first-order valence-corrected chi connectivity index (χ1v) is 7.71. The average molecular weight is 328 g/mol. The largest absolute Gasteiger partial charge is 0.481 e. The number of thiophene rings is 1. The number of nitrogens with two attached hydrogens (primary N) is 1. The van der Waals surface area contributed by atoms with Gasteiger partial charge in [-0.25, -0.2) is 9.78 Å². The standard InChI is InChI=1S/C11H12N4O4S2/c12-10(19)13-2-3-15-9(18)6-1-4-20-8(6)14-11(15)21-5-7(16)17/h1,4H,2-3,5H2,(H,16,17)(H3,12,13,19). The van der Waals surface area contributed by atoms with E-state index in [0.717, 1.165) is 11.8 Å². The maximum absolute atomic E-state index is 12.4. The normalized spacial score (nSPS) is 10.7. The highest BCUT2D eigenvalue weighted by Gasteiger charge is 2.13. The van der Waals surface area contributed by atoms with Crippen molar-refractivity contribution in [1.82, 2.24) is 14.9 Å². The Kier molecular flexibility index (Phi) is 4.81. The molecule has 2 amide bonds. The highest BCUT2D eigenvalue weighted by Crippen LogP contribution is 2.20. The molecule has 0 aliphatic rings. The minimum atomic E-state index is -0.998. The van der Waals surface area contributed by atoms with Gasteiger partial charge < -0.3 is 16.2 Å². The Morgan fingerprint density at radius 2 is 2.29 bits per heavy atom. The zero-order valence-electron chi connectivity index (χ0n) is 10.7. The van der Waals surface area contributed by atoms with Crippen molar-refractivity contribution in [1.29, 1.82) is 0 Å². The van der Waals surface area contributed by atoms with Gasteiger partial charge in [0.05, 0.1) is 11.1 Å². The highest BCUT2D eigenvalue weighted by atomic mass is 32.2. The number of nitrogens with one attached hydrogen (secondary N) is 1. The summed E-state index contributed by atoms with van der Waals surface area (Å²) in [6, 6.07) is 0.978. The SMILES string of the molecule is NC(=O)NCCn1c(SCC(=O)O)nc2sccc2c1=O. The van der Waals surface area contributed by atoms with Crippen molar-refractivity contribution in [2.45, 2.75) is 11.7 Å². The number of rotatable bonds is 6. The Hall–Kier alpha value is -2.07. The Morgan fingerprint density at radius 3 is 2.95 bits per heavy atom. The number of carboxylic acids is 1. The van der Waals surface area contributed by atoms with E-state index in [-0.39, 0.29) is 24.4 Å². The number of primary amides is 1. The van der Waals surface area contributed by atoms with Gasteiger partial charge in [-0.05, 0) is 11.4 Å². The molecule has 2 aromatic heterocycles. The lowest BCUT2D eigenvalue weighted by molar-refractivity contribution is -0.133. The molecule has 8 nitrogen and oxygen atoms in total. The van der Waals surface area contributed by atoms with Gasteiger partial charge in [0.25, 0.3) is 5.56 Å². The van der Waals surface area contributed by atoms with Gasteiger partial charge in [-0.15, -0.1) is 11.3 Å². The molecule has 21 heavy (non-hydrogen) atoms. The molecule has 0 saturated heterocycles. The number of hydrogen-bond donors (Lipinski definition) is 3. The third-order valence-corrected chi connectivity index (χ3v) is 4.28. The number of urea groups is 1. The number of carbonyl (C=O) groups excluding carboxylic acids is 1. The quantitative estimate of drug-likeness (QED) is 0.517. The van der Waals surface area contributed by atoms with E-state index in [1.165, 1.54) is 15.9 Å². The van der Waals surface area contributed by atoms with Crippen LogP contribution in [0.2, 0.25) is 0 Å². The van der Waals surface area contributed by atoms with E-state index >= 15 is 0 Å². The predicted octanol–water partition coefficient (Wildman–Crippen LogP) is 0.303. The van der Waals surface area contributed by atoms with Crippen molar-refractivity contribution in [3.05, 3.63) is 21.8 Å². The monoisotopic (exact) mass is 328 g/mol. The van der Waals surface area contributed by atoms with E-state index < -0.39 is 12.0 Å². The van der Waals surface area contributed by atoms with Gasteiger partial charge >= 0.3 is 12.0 Å². The van der Waals surface area contributed by atoms with Crippen molar-refractivity contribution in [2.24, 2.45) is 5.73 Å². The predicted molar refractivity (Wildman–Crippen MR) is 79.8 cm³/mol. The van der Waals surface area contributed by atoms with Crippen LogP contribution in [-0.2, 0) is 11.3 Å². The molecule has 10 heteroatoms. The van der Waals surface area contributed by atoms with E-state index in [4.69, 9.17) is 10.8 Å². The molecule has 2 rings (SSSR count). The van der Waals surface area contributed by atoms with Crippen LogP contribution >= 0.6 is 23.1 Å². The van der Waals surface area contributed by atoms with Gasteiger partial charge in [-0.3, -0.25) is 14.2 Å². The second-order valence-electron chi connectivity index (χ2n) is 3.96. The van der Waals surface area contributed by atoms with Gasteiger partial charge in [0.2, 0.25) is 0 Å². The van der Waals surface area contributed by atoms with Gasteiger partial charge in [-0.2, -0.15) is 0 Å². The summed E-state index contributed by atoms with van der Waals surface area (Å²) in [5.74, 6) is -1.20. The Morgan fingerprint density at radius 1 is 1.52 bits per heavy atom. The fourth-order valence-electron chi connectivity index (χ4n) is 1.65. The van der Waals surface area contributed by atoms with Crippen LogP contribution in [0.1, 0.15) is 0 Å². The summed E-state index contributed by atoms with van der Waals surface area (Å²) in [6.07, 6.45) is 0. The molecule has 0 saturated carbocycles. The Labute approximate surface area is 127 Å². The van der Waals surface area contributed by atoms with Crippen molar-refractivity contribution >= 4 is 45.3 Å². The van der Waals surface area contributed by atoms with E-state index in [1.807, 2.05) is 0 Å². The van der Waals surface area contributed by atoms with Crippen LogP contribution in [0.3, 0.4) is 0 Å². The summed E-state index contributed by atoms with van der Waals surface area (Å²) in [4.78, 5) is 38.6. The minimum Gasteiger partial charge on any atom is -0.481 e. The first-order valence-electron chi connectivity index (χ1n) is 5.85. The topological polar surface area (TPSA) is 127 Å². The van der Waals surface area contributed by atoms with E-state index in [9.17, 15) is 14.4 Å². The molecular weight excluding hydrogens is 316 g/mol. The first-order chi connectivity index (χ1) is 9.99. The summed E-state index contributed by atoms with van der Waals surface area (Å²) in [5.41, 5.74) is 4.71. The molecule has 112 valence electrons. The smallest absolute Gasteiger partial charge is 0.313 e. The van der Waals surface area contributed by atoms with Crippen molar-refractivity contribution in [2.75, 3.05) is 12.3 Å².